The van der Waals surface area contributed by atoms with Crippen molar-refractivity contribution in [2.45, 2.75) is 37.6 Å². The lowest BCUT2D eigenvalue weighted by atomic mass is 10.1. The van der Waals surface area contributed by atoms with E-state index < -0.39 is 0 Å². The average Bonchev–Trinajstić information content (AvgIpc) is 2.50. The van der Waals surface area contributed by atoms with Gasteiger partial charge in [0.05, 0.1) is 7.11 Å². The van der Waals surface area contributed by atoms with Crippen molar-refractivity contribution in [3.8, 4) is 0 Å². The molecule has 0 spiro atoms. The van der Waals surface area contributed by atoms with Gasteiger partial charge in [-0.3, -0.25) is 4.79 Å². The van der Waals surface area contributed by atoms with Crippen LogP contribution in [0, 0.1) is 0 Å². The van der Waals surface area contributed by atoms with Gasteiger partial charge in [0, 0.05) is 11.3 Å². The fraction of sp³-hybridized carbons (Fsp3) is 0.889. The van der Waals surface area contributed by atoms with Gasteiger partial charge in [0.2, 0.25) is 0 Å². The first-order chi connectivity index (χ1) is 6.15. The van der Waals surface area contributed by atoms with Gasteiger partial charge in [-0.05, 0) is 19.1 Å². The second-order valence-electron chi connectivity index (χ2n) is 3.38. The summed E-state index contributed by atoms with van der Waals surface area (Å²) in [6.07, 6.45) is 1.15. The Hall–Kier alpha value is -0.220. The lowest BCUT2D eigenvalue weighted by Gasteiger charge is -2.20. The van der Waals surface area contributed by atoms with E-state index in [1.807, 2.05) is 18.7 Å². The molecule has 1 rings (SSSR count). The molecule has 0 saturated carbocycles. The first-order valence-electron chi connectivity index (χ1n) is 4.60. The lowest BCUT2D eigenvalue weighted by Crippen LogP contribution is -2.44. The highest BCUT2D eigenvalue weighted by molar-refractivity contribution is 8.00. The third kappa shape index (κ3) is 2.88. The highest BCUT2D eigenvalue weighted by atomic mass is 32.2. The van der Waals surface area contributed by atoms with Gasteiger partial charge < -0.3 is 10.1 Å². The Morgan fingerprint density at radius 1 is 1.69 bits per heavy atom. The Labute approximate surface area is 83.6 Å². The van der Waals surface area contributed by atoms with E-state index in [2.05, 4.69) is 17.0 Å². The molecule has 3 nitrogen and oxygen atoms in total. The van der Waals surface area contributed by atoms with Gasteiger partial charge in [-0.15, -0.1) is 0 Å². The molecule has 1 heterocycles. The zero-order valence-corrected chi connectivity index (χ0v) is 9.19. The molecule has 0 aliphatic carbocycles. The Kier molecular flexibility index (Phi) is 4.06. The average molecular weight is 203 g/mol. The van der Waals surface area contributed by atoms with Crippen LogP contribution in [0.15, 0.2) is 0 Å². The fourth-order valence-electron chi connectivity index (χ4n) is 1.52. The minimum Gasteiger partial charge on any atom is -0.468 e. The zero-order chi connectivity index (χ0) is 9.84. The molecule has 1 N–H and O–H groups in total. The minimum atomic E-state index is -0.184. The Bertz CT molecular complexity index is 186. The van der Waals surface area contributed by atoms with E-state index in [0.29, 0.717) is 11.3 Å². The fourth-order valence-corrected chi connectivity index (χ4v) is 2.73. The van der Waals surface area contributed by atoms with Crippen LogP contribution in [0.1, 0.15) is 20.3 Å². The maximum Gasteiger partial charge on any atom is 0.322 e. The molecule has 0 amide bonds. The van der Waals surface area contributed by atoms with Crippen molar-refractivity contribution in [2.75, 3.05) is 12.9 Å². The first-order valence-corrected chi connectivity index (χ1v) is 5.65. The highest BCUT2D eigenvalue weighted by Gasteiger charge is 2.27. The van der Waals surface area contributed by atoms with E-state index in [1.165, 1.54) is 12.9 Å². The number of thioether (sulfide) groups is 1. The Morgan fingerprint density at radius 2 is 2.38 bits per heavy atom. The van der Waals surface area contributed by atoms with Crippen LogP contribution in [0.3, 0.4) is 0 Å². The van der Waals surface area contributed by atoms with Gasteiger partial charge >= 0.3 is 5.97 Å². The molecule has 76 valence electrons. The van der Waals surface area contributed by atoms with Crippen molar-refractivity contribution in [3.63, 3.8) is 0 Å². The number of ether oxygens (including phenoxy) is 1. The number of hydrogen-bond donors (Lipinski definition) is 1. The molecule has 3 atom stereocenters. The maximum atomic E-state index is 11.1. The molecule has 1 aliphatic rings. The predicted molar refractivity (Wildman–Crippen MR) is 54.9 cm³/mol. The van der Waals surface area contributed by atoms with Crippen molar-refractivity contribution >= 4 is 17.7 Å². The third-order valence-corrected chi connectivity index (χ3v) is 3.72. The van der Waals surface area contributed by atoms with E-state index in [4.69, 9.17) is 0 Å². The Balaban J connectivity index is 2.34. The molecule has 1 fully saturated rings. The molecule has 1 aliphatic heterocycles. The standard InChI is InChI=1S/C9H17NO2S/c1-6(9(11)12-3)10-8-4-5-13-7(8)2/h6-8,10H,4-5H2,1-3H3. The first kappa shape index (κ1) is 10.9. The topological polar surface area (TPSA) is 38.3 Å². The van der Waals surface area contributed by atoms with Gasteiger partial charge in [0.25, 0.3) is 0 Å². The number of carbonyl (C=O) groups is 1. The van der Waals surface area contributed by atoms with Crippen LogP contribution < -0.4 is 5.32 Å². The van der Waals surface area contributed by atoms with Gasteiger partial charge in [-0.1, -0.05) is 6.92 Å². The van der Waals surface area contributed by atoms with Crippen LogP contribution in [0.2, 0.25) is 0 Å². The number of esters is 1. The molecular formula is C9H17NO2S. The molecule has 3 unspecified atom stereocenters. The van der Waals surface area contributed by atoms with E-state index in [-0.39, 0.29) is 12.0 Å². The van der Waals surface area contributed by atoms with Gasteiger partial charge in [0.1, 0.15) is 6.04 Å². The quantitative estimate of drug-likeness (QED) is 0.695. The largest absolute Gasteiger partial charge is 0.468 e. The van der Waals surface area contributed by atoms with Crippen LogP contribution in [-0.2, 0) is 9.53 Å². The molecule has 0 aromatic carbocycles. The number of hydrogen-bond acceptors (Lipinski definition) is 4. The number of carbonyl (C=O) groups excluding carboxylic acids is 1. The van der Waals surface area contributed by atoms with Crippen LogP contribution in [0.5, 0.6) is 0 Å². The van der Waals surface area contributed by atoms with Crippen molar-refractivity contribution in [1.29, 1.82) is 0 Å². The number of rotatable bonds is 3. The SMILES string of the molecule is COC(=O)C(C)NC1CCSC1C. The summed E-state index contributed by atoms with van der Waals surface area (Å²) in [6, 6.07) is 0.273. The number of methoxy groups -OCH3 is 1. The number of nitrogens with one attached hydrogen (secondary N) is 1. The van der Waals surface area contributed by atoms with Crippen molar-refractivity contribution < 1.29 is 9.53 Å². The second kappa shape index (κ2) is 4.86. The monoisotopic (exact) mass is 203 g/mol. The lowest BCUT2D eigenvalue weighted by molar-refractivity contribution is -0.142. The summed E-state index contributed by atoms with van der Waals surface area (Å²) in [4.78, 5) is 11.1. The summed E-state index contributed by atoms with van der Waals surface area (Å²) < 4.78 is 4.65. The molecule has 4 heteroatoms. The van der Waals surface area contributed by atoms with Crippen LogP contribution in [-0.4, -0.2) is 36.2 Å². The summed E-state index contributed by atoms with van der Waals surface area (Å²) in [6.45, 7) is 4.04. The molecule has 0 aromatic heterocycles. The smallest absolute Gasteiger partial charge is 0.322 e. The molecule has 0 aromatic rings. The third-order valence-electron chi connectivity index (χ3n) is 2.40. The van der Waals surface area contributed by atoms with Gasteiger partial charge in [0.15, 0.2) is 0 Å². The molecular weight excluding hydrogens is 186 g/mol. The van der Waals surface area contributed by atoms with Gasteiger partial charge in [-0.25, -0.2) is 0 Å². The Morgan fingerprint density at radius 3 is 2.85 bits per heavy atom. The van der Waals surface area contributed by atoms with Crippen molar-refractivity contribution in [3.05, 3.63) is 0 Å². The van der Waals surface area contributed by atoms with E-state index >= 15 is 0 Å². The summed E-state index contributed by atoms with van der Waals surface area (Å²) in [5, 5.41) is 3.89. The second-order valence-corrected chi connectivity index (χ2v) is 4.87. The van der Waals surface area contributed by atoms with E-state index in [1.54, 1.807) is 0 Å². The summed E-state index contributed by atoms with van der Waals surface area (Å²) >= 11 is 1.95. The molecule has 0 radical (unpaired) electrons. The molecule has 1 saturated heterocycles. The molecule has 13 heavy (non-hydrogen) atoms. The summed E-state index contributed by atoms with van der Waals surface area (Å²) in [7, 11) is 1.42. The van der Waals surface area contributed by atoms with Gasteiger partial charge in [-0.2, -0.15) is 11.8 Å². The summed E-state index contributed by atoms with van der Waals surface area (Å²) in [5.74, 6) is 1.01. The normalized spacial score (nSPS) is 30.1. The molecule has 0 bridgehead atoms. The highest BCUT2D eigenvalue weighted by Crippen LogP contribution is 2.26. The maximum absolute atomic E-state index is 11.1. The van der Waals surface area contributed by atoms with E-state index in [9.17, 15) is 4.79 Å². The van der Waals surface area contributed by atoms with Crippen LogP contribution in [0.4, 0.5) is 0 Å². The minimum absolute atomic E-state index is 0.177. The van der Waals surface area contributed by atoms with Crippen molar-refractivity contribution in [1.82, 2.24) is 5.32 Å². The van der Waals surface area contributed by atoms with Crippen LogP contribution >= 0.6 is 11.8 Å². The van der Waals surface area contributed by atoms with E-state index in [0.717, 1.165) is 6.42 Å². The van der Waals surface area contributed by atoms with Crippen molar-refractivity contribution in [2.24, 2.45) is 0 Å². The summed E-state index contributed by atoms with van der Waals surface area (Å²) in [5.41, 5.74) is 0. The zero-order valence-electron chi connectivity index (χ0n) is 8.37. The predicted octanol–water partition coefficient (Wildman–Crippen LogP) is 1.03. The van der Waals surface area contributed by atoms with Crippen LogP contribution in [0.25, 0.3) is 0 Å².